The van der Waals surface area contributed by atoms with Gasteiger partial charge in [0.1, 0.15) is 22.7 Å². The first kappa shape index (κ1) is 20.5. The van der Waals surface area contributed by atoms with Gasteiger partial charge >= 0.3 is 6.01 Å². The lowest BCUT2D eigenvalue weighted by molar-refractivity contribution is 0.380. The Balaban J connectivity index is 1.89. The Morgan fingerprint density at radius 3 is 2.68 bits per heavy atom. The summed E-state index contributed by atoms with van der Waals surface area (Å²) in [5.74, 6) is 1.17. The van der Waals surface area contributed by atoms with Crippen molar-refractivity contribution in [1.29, 1.82) is 0 Å². The van der Waals surface area contributed by atoms with E-state index in [2.05, 4.69) is 14.8 Å². The number of hydrogen-bond donors (Lipinski definition) is 1. The number of methoxy groups -OCH3 is 3. The average Bonchev–Trinajstić information content (AvgIpc) is 3.21. The maximum Gasteiger partial charge on any atom is 0.335 e. The van der Waals surface area contributed by atoms with Gasteiger partial charge in [0.25, 0.3) is 0 Å². The van der Waals surface area contributed by atoms with Crippen molar-refractivity contribution in [3.8, 4) is 17.5 Å². The highest BCUT2D eigenvalue weighted by Gasteiger charge is 2.23. The summed E-state index contributed by atoms with van der Waals surface area (Å²) < 4.78 is 49.1. The molecule has 0 amide bonds. The first-order chi connectivity index (χ1) is 13.5. The first-order valence-electron chi connectivity index (χ1n) is 8.01. The molecule has 0 aliphatic carbocycles. The van der Waals surface area contributed by atoms with Crippen molar-refractivity contribution in [2.45, 2.75) is 6.54 Å². The molecular weight excluding hydrogens is 499 g/mol. The molecule has 0 bridgehead atoms. The van der Waals surface area contributed by atoms with Crippen LogP contribution in [0, 0.1) is 0 Å². The van der Waals surface area contributed by atoms with Gasteiger partial charge in [-0.3, -0.25) is 0 Å². The van der Waals surface area contributed by atoms with E-state index < -0.39 is 30.8 Å². The number of halogens is 1. The molecule has 11 heteroatoms. The minimum absolute atomic E-state index is 0.0723. The number of allylic oxidation sites excluding steroid dienone is 3. The van der Waals surface area contributed by atoms with E-state index in [1.54, 1.807) is 35.4 Å². The molecule has 1 aliphatic rings. The number of rotatable bonds is 8. The number of ether oxygens (including phenoxy) is 3. The fourth-order valence-corrected chi connectivity index (χ4v) is 6.23. The van der Waals surface area contributed by atoms with Crippen molar-refractivity contribution in [3.63, 3.8) is 0 Å². The minimum atomic E-state index is -3.78. The van der Waals surface area contributed by atoms with Gasteiger partial charge in [-0.2, -0.15) is 4.98 Å². The highest BCUT2D eigenvalue weighted by atomic mass is 127. The van der Waals surface area contributed by atoms with Crippen molar-refractivity contribution < 1.29 is 22.6 Å². The van der Waals surface area contributed by atoms with E-state index in [0.717, 1.165) is 0 Å². The second-order valence-electron chi connectivity index (χ2n) is 5.46. The molecule has 0 saturated heterocycles. The van der Waals surface area contributed by atoms with Crippen molar-refractivity contribution in [3.05, 3.63) is 45.2 Å². The molecule has 150 valence electrons. The van der Waals surface area contributed by atoms with Gasteiger partial charge in [-0.15, -0.1) is 5.10 Å². The summed E-state index contributed by atoms with van der Waals surface area (Å²) in [4.78, 5) is 4.14. The molecule has 28 heavy (non-hydrogen) atoms. The van der Waals surface area contributed by atoms with E-state index >= 15 is 0 Å². The van der Waals surface area contributed by atoms with Crippen LogP contribution in [0.5, 0.6) is 17.5 Å². The molecule has 0 spiro atoms. The van der Waals surface area contributed by atoms with Crippen LogP contribution in [0.25, 0.3) is 5.70 Å². The van der Waals surface area contributed by atoms with Crippen LogP contribution < -0.4 is 18.9 Å². The van der Waals surface area contributed by atoms with Crippen LogP contribution in [0.4, 0.5) is 0 Å². The zero-order valence-electron chi connectivity index (χ0n) is 15.4. The highest BCUT2D eigenvalue weighted by molar-refractivity contribution is 14.2. The van der Waals surface area contributed by atoms with E-state index in [1.807, 2.05) is 4.08 Å². The van der Waals surface area contributed by atoms with Crippen LogP contribution in [0.1, 0.15) is 5.56 Å². The maximum absolute atomic E-state index is 13.0. The molecule has 1 N–H and O–H groups in total. The monoisotopic (exact) mass is 518 g/mol. The van der Waals surface area contributed by atoms with E-state index in [9.17, 15) is 8.42 Å². The molecule has 0 saturated carbocycles. The average molecular weight is 518 g/mol. The lowest BCUT2D eigenvalue weighted by Crippen LogP contribution is -2.27. The van der Waals surface area contributed by atoms with Gasteiger partial charge in [-0.05, 0) is 20.2 Å². The normalized spacial score (nSPS) is 14.0. The van der Waals surface area contributed by atoms with Crippen molar-refractivity contribution in [1.82, 2.24) is 19.5 Å². The molecular formula is C17H19IN4O5S. The summed E-state index contributed by atoms with van der Waals surface area (Å²) >= 11 is -0.507. The number of benzene rings is 1. The molecule has 0 atom stereocenters. The highest BCUT2D eigenvalue weighted by Crippen LogP contribution is 2.27. The summed E-state index contributed by atoms with van der Waals surface area (Å²) in [6.07, 6.45) is 3.15. The molecule has 1 aromatic carbocycles. The zero-order chi connectivity index (χ0) is 20.1. The van der Waals surface area contributed by atoms with E-state index in [1.165, 1.54) is 25.2 Å². The molecule has 0 fully saturated rings. The molecule has 0 radical (unpaired) electrons. The van der Waals surface area contributed by atoms with Crippen molar-refractivity contribution in [2.24, 2.45) is 0 Å². The van der Waals surface area contributed by atoms with E-state index in [4.69, 9.17) is 14.2 Å². The standard InChI is InChI=1S/C17H19IN4O5S/c1-25-13-5-4-12(15(8-13)26-2)10-20-28(23,24)16-9-18-7-6-14(16)22-11-19-17(21-22)27-3/h4-9,11,20H,10H2,1-3H3. The topological polar surface area (TPSA) is 105 Å². The minimum Gasteiger partial charge on any atom is -0.497 e. The smallest absolute Gasteiger partial charge is 0.335 e. The quantitative estimate of drug-likeness (QED) is 0.533. The molecule has 3 rings (SSSR count). The SMILES string of the molecule is COc1ccc(CNS(=O)(=O)C2=C(n3cnc(OC)n3)C=CI=C2)c(OC)c1. The van der Waals surface area contributed by atoms with Crippen LogP contribution in [0.3, 0.4) is 0 Å². The second-order valence-corrected chi connectivity index (χ2v) is 9.25. The van der Waals surface area contributed by atoms with Gasteiger partial charge in [-0.25, -0.2) is 17.8 Å². The first-order valence-corrected chi connectivity index (χ1v) is 12.0. The predicted octanol–water partition coefficient (Wildman–Crippen LogP) is 1.89. The van der Waals surface area contributed by atoms with Crippen LogP contribution in [-0.2, 0) is 16.6 Å². The summed E-state index contributed by atoms with van der Waals surface area (Å²) in [6.45, 7) is 0.0723. The third-order valence-corrected chi connectivity index (χ3v) is 7.45. The third kappa shape index (κ3) is 4.42. The van der Waals surface area contributed by atoms with Gasteiger partial charge in [0, 0.05) is 18.2 Å². The Labute approximate surface area is 172 Å². The number of aromatic nitrogens is 3. The van der Waals surface area contributed by atoms with Crippen LogP contribution >= 0.6 is 20.7 Å². The van der Waals surface area contributed by atoms with Gasteiger partial charge < -0.3 is 14.2 Å². The van der Waals surface area contributed by atoms with Crippen molar-refractivity contribution in [2.75, 3.05) is 21.3 Å². The zero-order valence-corrected chi connectivity index (χ0v) is 18.4. The van der Waals surface area contributed by atoms with Crippen LogP contribution in [0.15, 0.2) is 39.6 Å². The Bertz CT molecular complexity index is 1060. The van der Waals surface area contributed by atoms with Crippen LogP contribution in [-0.4, -0.2) is 48.5 Å². The Morgan fingerprint density at radius 2 is 2.00 bits per heavy atom. The largest absolute Gasteiger partial charge is 0.497 e. The predicted molar refractivity (Wildman–Crippen MR) is 114 cm³/mol. The molecule has 0 unspecified atom stereocenters. The Morgan fingerprint density at radius 1 is 1.18 bits per heavy atom. The molecule has 9 nitrogen and oxygen atoms in total. The maximum atomic E-state index is 13.0. The van der Waals surface area contributed by atoms with Crippen LogP contribution in [0.2, 0.25) is 0 Å². The lowest BCUT2D eigenvalue weighted by Gasteiger charge is -2.14. The van der Waals surface area contributed by atoms with Gasteiger partial charge in [0.05, 0.1) is 27.0 Å². The summed E-state index contributed by atoms with van der Waals surface area (Å²) in [6, 6.07) is 5.37. The molecule has 2 aromatic rings. The van der Waals surface area contributed by atoms with Crippen molar-refractivity contribution >= 4 is 40.5 Å². The number of nitrogens with one attached hydrogen (secondary N) is 1. The van der Waals surface area contributed by atoms with Gasteiger partial charge in [0.15, 0.2) is 0 Å². The number of sulfonamides is 1. The number of nitrogens with zero attached hydrogens (tertiary/aromatic N) is 3. The summed E-state index contributed by atoms with van der Waals surface area (Å²) in [7, 11) is 0.744. The fraction of sp³-hybridized carbons (Fsp3) is 0.235. The summed E-state index contributed by atoms with van der Waals surface area (Å²) in [5.41, 5.74) is 1.11. The van der Waals surface area contributed by atoms with E-state index in [-0.39, 0.29) is 17.5 Å². The molecule has 1 aromatic heterocycles. The van der Waals surface area contributed by atoms with E-state index in [0.29, 0.717) is 22.8 Å². The summed E-state index contributed by atoms with van der Waals surface area (Å²) in [5, 5.41) is 4.12. The lowest BCUT2D eigenvalue weighted by atomic mass is 10.2. The third-order valence-electron chi connectivity index (χ3n) is 3.84. The second kappa shape index (κ2) is 8.84. The fourth-order valence-electron chi connectivity index (χ4n) is 2.42. The molecule has 2 heterocycles. The Kier molecular flexibility index (Phi) is 6.46. The number of hydrogen-bond acceptors (Lipinski definition) is 7. The Hall–Kier alpha value is -2.25. The van der Waals surface area contributed by atoms with Gasteiger partial charge in [0.2, 0.25) is 10.0 Å². The molecule has 1 aliphatic heterocycles. The van der Waals surface area contributed by atoms with Gasteiger partial charge in [-0.1, -0.05) is 26.8 Å².